The van der Waals surface area contributed by atoms with Crippen LogP contribution in [-0.2, 0) is 0 Å². The first kappa shape index (κ1) is 11.7. The normalized spacial score (nSPS) is 16.6. The second kappa shape index (κ2) is 5.52. The predicted molar refractivity (Wildman–Crippen MR) is 62.2 cm³/mol. The van der Waals surface area contributed by atoms with Crippen molar-refractivity contribution >= 4 is 0 Å². The van der Waals surface area contributed by atoms with Crippen molar-refractivity contribution < 1.29 is 0 Å². The summed E-state index contributed by atoms with van der Waals surface area (Å²) in [5.41, 5.74) is 6.74. The van der Waals surface area contributed by atoms with E-state index in [9.17, 15) is 0 Å². The Bertz CT molecular complexity index is 183. The Balaban J connectivity index is 2.27. The van der Waals surface area contributed by atoms with Crippen molar-refractivity contribution in [3.05, 3.63) is 12.2 Å². The van der Waals surface area contributed by atoms with Crippen LogP contribution < -0.4 is 5.73 Å². The van der Waals surface area contributed by atoms with Gasteiger partial charge < -0.3 is 5.73 Å². The zero-order valence-electron chi connectivity index (χ0n) is 9.63. The van der Waals surface area contributed by atoms with E-state index in [4.69, 9.17) is 5.73 Å². The fraction of sp³-hybridized carbons (Fsp3) is 0.833. The quantitative estimate of drug-likeness (QED) is 0.631. The fourth-order valence-electron chi connectivity index (χ4n) is 1.61. The van der Waals surface area contributed by atoms with Crippen LogP contribution in [0.1, 0.15) is 33.1 Å². The molecule has 0 bridgehead atoms. The van der Waals surface area contributed by atoms with Crippen LogP contribution in [0.5, 0.6) is 0 Å². The molecule has 1 aliphatic rings. The molecular weight excluding hydrogens is 172 g/mol. The highest BCUT2D eigenvalue weighted by Gasteiger charge is 2.28. The van der Waals surface area contributed by atoms with Gasteiger partial charge in [0.1, 0.15) is 0 Å². The maximum Gasteiger partial charge on any atom is 0.0205 e. The first-order valence-electron chi connectivity index (χ1n) is 5.74. The molecule has 2 N–H and O–H groups in total. The zero-order valence-corrected chi connectivity index (χ0v) is 9.63. The first-order chi connectivity index (χ1) is 6.63. The zero-order chi connectivity index (χ0) is 10.6. The van der Waals surface area contributed by atoms with Crippen LogP contribution in [0.25, 0.3) is 0 Å². The summed E-state index contributed by atoms with van der Waals surface area (Å²) in [6, 6.07) is 0.831. The number of nitrogens with two attached hydrogens (primary N) is 1. The number of hydrogen-bond acceptors (Lipinski definition) is 2. The molecule has 0 spiro atoms. The largest absolute Gasteiger partial charge is 0.327 e. The summed E-state index contributed by atoms with van der Waals surface area (Å²) in [6.07, 6.45) is 4.03. The summed E-state index contributed by atoms with van der Waals surface area (Å²) in [4.78, 5) is 2.55. The van der Waals surface area contributed by atoms with Crippen LogP contribution in [0.3, 0.4) is 0 Å². The maximum absolute atomic E-state index is 5.57. The molecule has 0 unspecified atom stereocenters. The molecule has 82 valence electrons. The minimum Gasteiger partial charge on any atom is -0.327 e. The Labute approximate surface area is 88.2 Å². The Morgan fingerprint density at radius 1 is 1.50 bits per heavy atom. The molecule has 14 heavy (non-hydrogen) atoms. The Morgan fingerprint density at radius 3 is 2.57 bits per heavy atom. The SMILES string of the molecule is C=C(CN)CN(CCC(C)C)C1CC1. The van der Waals surface area contributed by atoms with Crippen LogP contribution in [0.15, 0.2) is 12.2 Å². The van der Waals surface area contributed by atoms with Crippen molar-refractivity contribution in [1.29, 1.82) is 0 Å². The topological polar surface area (TPSA) is 29.3 Å². The third kappa shape index (κ3) is 4.25. The van der Waals surface area contributed by atoms with E-state index in [0.717, 1.165) is 18.5 Å². The average molecular weight is 196 g/mol. The molecule has 2 heteroatoms. The Morgan fingerprint density at radius 2 is 2.14 bits per heavy atom. The van der Waals surface area contributed by atoms with Gasteiger partial charge in [-0.2, -0.15) is 0 Å². The lowest BCUT2D eigenvalue weighted by Gasteiger charge is -2.23. The van der Waals surface area contributed by atoms with Gasteiger partial charge in [0.2, 0.25) is 0 Å². The van der Waals surface area contributed by atoms with E-state index < -0.39 is 0 Å². The van der Waals surface area contributed by atoms with Gasteiger partial charge in [0.05, 0.1) is 0 Å². The molecule has 0 saturated heterocycles. The second-order valence-corrected chi connectivity index (χ2v) is 4.84. The predicted octanol–water partition coefficient (Wildman–Crippen LogP) is 2.01. The van der Waals surface area contributed by atoms with E-state index in [1.54, 1.807) is 0 Å². The lowest BCUT2D eigenvalue weighted by Crippen LogP contribution is -2.31. The number of nitrogens with zero attached hydrogens (tertiary/aromatic N) is 1. The average Bonchev–Trinajstić information content (AvgIpc) is 2.94. The van der Waals surface area contributed by atoms with Crippen LogP contribution >= 0.6 is 0 Å². The van der Waals surface area contributed by atoms with Gasteiger partial charge in [-0.25, -0.2) is 0 Å². The van der Waals surface area contributed by atoms with Crippen LogP contribution in [0.2, 0.25) is 0 Å². The van der Waals surface area contributed by atoms with Crippen molar-refractivity contribution in [3.8, 4) is 0 Å². The number of hydrogen-bond donors (Lipinski definition) is 1. The summed E-state index contributed by atoms with van der Waals surface area (Å²) in [5.74, 6) is 0.794. The minimum atomic E-state index is 0.630. The molecule has 0 heterocycles. The van der Waals surface area contributed by atoms with E-state index in [1.807, 2.05) is 0 Å². The third-order valence-corrected chi connectivity index (χ3v) is 2.77. The fourth-order valence-corrected chi connectivity index (χ4v) is 1.61. The first-order valence-corrected chi connectivity index (χ1v) is 5.74. The monoisotopic (exact) mass is 196 g/mol. The lowest BCUT2D eigenvalue weighted by molar-refractivity contribution is 0.267. The highest BCUT2D eigenvalue weighted by molar-refractivity contribution is 5.01. The molecule has 0 atom stereocenters. The van der Waals surface area contributed by atoms with Gasteiger partial charge in [-0.1, -0.05) is 20.4 Å². The molecule has 0 aromatic carbocycles. The highest BCUT2D eigenvalue weighted by Crippen LogP contribution is 2.27. The van der Waals surface area contributed by atoms with Gasteiger partial charge in [-0.15, -0.1) is 0 Å². The van der Waals surface area contributed by atoms with Gasteiger partial charge in [0, 0.05) is 19.1 Å². The van der Waals surface area contributed by atoms with Crippen LogP contribution in [-0.4, -0.2) is 30.6 Å². The van der Waals surface area contributed by atoms with Crippen molar-refractivity contribution in [2.45, 2.75) is 39.2 Å². The van der Waals surface area contributed by atoms with E-state index in [-0.39, 0.29) is 0 Å². The highest BCUT2D eigenvalue weighted by atomic mass is 15.2. The van der Waals surface area contributed by atoms with Gasteiger partial charge >= 0.3 is 0 Å². The lowest BCUT2D eigenvalue weighted by atomic mass is 10.1. The molecule has 2 nitrogen and oxygen atoms in total. The summed E-state index contributed by atoms with van der Waals surface area (Å²) < 4.78 is 0. The smallest absolute Gasteiger partial charge is 0.0205 e. The van der Waals surface area contributed by atoms with Gasteiger partial charge in [0.25, 0.3) is 0 Å². The van der Waals surface area contributed by atoms with E-state index in [1.165, 1.54) is 31.4 Å². The van der Waals surface area contributed by atoms with Gasteiger partial charge in [-0.05, 0) is 37.3 Å². The molecular formula is C12H24N2. The molecule has 0 radical (unpaired) electrons. The van der Waals surface area contributed by atoms with Crippen molar-refractivity contribution in [2.24, 2.45) is 11.7 Å². The van der Waals surface area contributed by atoms with Crippen LogP contribution in [0.4, 0.5) is 0 Å². The minimum absolute atomic E-state index is 0.630. The van der Waals surface area contributed by atoms with Crippen molar-refractivity contribution in [1.82, 2.24) is 4.90 Å². The van der Waals surface area contributed by atoms with Crippen molar-refractivity contribution in [2.75, 3.05) is 19.6 Å². The molecule has 1 saturated carbocycles. The standard InChI is InChI=1S/C12H24N2/c1-10(2)6-7-14(12-4-5-12)9-11(3)8-13/h10,12H,3-9,13H2,1-2H3. The third-order valence-electron chi connectivity index (χ3n) is 2.77. The molecule has 0 aromatic heterocycles. The summed E-state index contributed by atoms with van der Waals surface area (Å²) in [6.45, 7) is 11.4. The number of rotatable bonds is 7. The molecule has 1 fully saturated rings. The molecule has 1 rings (SSSR count). The molecule has 0 aliphatic heterocycles. The van der Waals surface area contributed by atoms with E-state index in [2.05, 4.69) is 25.3 Å². The van der Waals surface area contributed by atoms with Crippen molar-refractivity contribution in [3.63, 3.8) is 0 Å². The summed E-state index contributed by atoms with van der Waals surface area (Å²) >= 11 is 0. The summed E-state index contributed by atoms with van der Waals surface area (Å²) in [5, 5.41) is 0. The Hall–Kier alpha value is -0.340. The molecule has 0 amide bonds. The molecule has 1 aliphatic carbocycles. The van der Waals surface area contributed by atoms with E-state index in [0.29, 0.717) is 6.54 Å². The second-order valence-electron chi connectivity index (χ2n) is 4.84. The summed E-state index contributed by atoms with van der Waals surface area (Å²) in [7, 11) is 0. The Kier molecular flexibility index (Phi) is 4.63. The van der Waals surface area contributed by atoms with Gasteiger partial charge in [-0.3, -0.25) is 4.90 Å². The molecule has 0 aromatic rings. The van der Waals surface area contributed by atoms with Crippen LogP contribution in [0, 0.1) is 5.92 Å². The van der Waals surface area contributed by atoms with Gasteiger partial charge in [0.15, 0.2) is 0 Å². The maximum atomic E-state index is 5.57. The van der Waals surface area contributed by atoms with E-state index >= 15 is 0 Å².